The summed E-state index contributed by atoms with van der Waals surface area (Å²) in [6, 6.07) is 0.240. The van der Waals surface area contributed by atoms with Gasteiger partial charge in [-0.25, -0.2) is 0 Å². The molecule has 1 rings (SSSR count). The zero-order valence-electron chi connectivity index (χ0n) is 10.6. The van der Waals surface area contributed by atoms with Gasteiger partial charge in [0.1, 0.15) is 0 Å². The van der Waals surface area contributed by atoms with Gasteiger partial charge in [0, 0.05) is 19.2 Å². The Kier molecular flexibility index (Phi) is 5.77. The van der Waals surface area contributed by atoms with Crippen LogP contribution in [0.5, 0.6) is 0 Å². The smallest absolute Gasteiger partial charge is 0.234 e. The van der Waals surface area contributed by atoms with Gasteiger partial charge in [0.2, 0.25) is 5.91 Å². The molecule has 0 spiro atoms. The van der Waals surface area contributed by atoms with Crippen molar-refractivity contribution in [2.24, 2.45) is 11.8 Å². The van der Waals surface area contributed by atoms with Crippen LogP contribution < -0.4 is 10.6 Å². The lowest BCUT2D eigenvalue weighted by Gasteiger charge is -2.18. The molecular weight excluding hydrogens is 204 g/mol. The Hall–Kier alpha value is -0.610. The van der Waals surface area contributed by atoms with Gasteiger partial charge in [0.25, 0.3) is 0 Å². The molecule has 0 aromatic carbocycles. The third kappa shape index (κ3) is 4.94. The summed E-state index contributed by atoms with van der Waals surface area (Å²) in [7, 11) is 0. The molecule has 2 unspecified atom stereocenters. The molecule has 1 saturated heterocycles. The number of carbonyl (C=O) groups is 1. The van der Waals surface area contributed by atoms with E-state index in [4.69, 9.17) is 4.74 Å². The van der Waals surface area contributed by atoms with Crippen molar-refractivity contribution in [1.29, 1.82) is 0 Å². The van der Waals surface area contributed by atoms with E-state index in [1.807, 2.05) is 6.92 Å². The second kappa shape index (κ2) is 6.86. The molecule has 0 radical (unpaired) electrons. The molecule has 0 aliphatic carbocycles. The normalized spacial score (nSPS) is 22.4. The van der Waals surface area contributed by atoms with Crippen molar-refractivity contribution < 1.29 is 9.53 Å². The third-order valence-corrected chi connectivity index (χ3v) is 3.13. The fourth-order valence-corrected chi connectivity index (χ4v) is 1.61. The second-order valence-electron chi connectivity index (χ2n) is 4.96. The van der Waals surface area contributed by atoms with Gasteiger partial charge in [-0.15, -0.1) is 0 Å². The summed E-state index contributed by atoms with van der Waals surface area (Å²) in [6.07, 6.45) is 1.11. The minimum Gasteiger partial charge on any atom is -0.381 e. The van der Waals surface area contributed by atoms with Crippen LogP contribution in [-0.2, 0) is 9.53 Å². The molecule has 1 aliphatic heterocycles. The zero-order valence-corrected chi connectivity index (χ0v) is 10.6. The van der Waals surface area contributed by atoms with E-state index in [2.05, 4.69) is 24.5 Å². The van der Waals surface area contributed by atoms with Crippen LogP contribution in [0.25, 0.3) is 0 Å². The first-order valence-electron chi connectivity index (χ1n) is 6.17. The number of hydrogen-bond donors (Lipinski definition) is 2. The maximum Gasteiger partial charge on any atom is 0.234 e. The molecule has 4 nitrogen and oxygen atoms in total. The van der Waals surface area contributed by atoms with Crippen molar-refractivity contribution >= 4 is 5.91 Å². The Morgan fingerprint density at radius 3 is 2.75 bits per heavy atom. The fourth-order valence-electron chi connectivity index (χ4n) is 1.61. The summed E-state index contributed by atoms with van der Waals surface area (Å²) < 4.78 is 5.27. The summed E-state index contributed by atoms with van der Waals surface area (Å²) in [4.78, 5) is 11.5. The van der Waals surface area contributed by atoms with Crippen LogP contribution in [-0.4, -0.2) is 38.3 Å². The predicted molar refractivity (Wildman–Crippen MR) is 64.2 cm³/mol. The molecule has 0 bridgehead atoms. The lowest BCUT2D eigenvalue weighted by atomic mass is 10.1. The van der Waals surface area contributed by atoms with Crippen LogP contribution >= 0.6 is 0 Å². The third-order valence-electron chi connectivity index (χ3n) is 3.13. The average Bonchev–Trinajstić information content (AvgIpc) is 2.70. The Morgan fingerprint density at radius 2 is 2.19 bits per heavy atom. The molecule has 2 N–H and O–H groups in total. The number of carbonyl (C=O) groups excluding carboxylic acids is 1. The Morgan fingerprint density at radius 1 is 1.44 bits per heavy atom. The van der Waals surface area contributed by atoms with Crippen LogP contribution in [0.2, 0.25) is 0 Å². The summed E-state index contributed by atoms with van der Waals surface area (Å²) >= 11 is 0. The van der Waals surface area contributed by atoms with Crippen LogP contribution in [0.3, 0.4) is 0 Å². The SMILES string of the molecule is CC(C)C(C)NC(=O)CNCC1CCOC1. The minimum atomic E-state index is 0.0834. The first kappa shape index (κ1) is 13.5. The quantitative estimate of drug-likeness (QED) is 0.706. The van der Waals surface area contributed by atoms with Crippen molar-refractivity contribution in [2.75, 3.05) is 26.3 Å². The molecule has 1 aliphatic rings. The highest BCUT2D eigenvalue weighted by molar-refractivity contribution is 5.78. The first-order valence-corrected chi connectivity index (χ1v) is 6.17. The standard InChI is InChI=1S/C12H24N2O2/c1-9(2)10(3)14-12(15)7-13-6-11-4-5-16-8-11/h9-11,13H,4-8H2,1-3H3,(H,14,15). The number of nitrogens with one attached hydrogen (secondary N) is 2. The van der Waals surface area contributed by atoms with Gasteiger partial charge in [-0.1, -0.05) is 13.8 Å². The molecule has 1 heterocycles. The van der Waals surface area contributed by atoms with Crippen LogP contribution in [0, 0.1) is 11.8 Å². The molecule has 0 aromatic heterocycles. The lowest BCUT2D eigenvalue weighted by molar-refractivity contribution is -0.121. The van der Waals surface area contributed by atoms with E-state index in [-0.39, 0.29) is 11.9 Å². The number of hydrogen-bond acceptors (Lipinski definition) is 3. The molecule has 4 heteroatoms. The predicted octanol–water partition coefficient (Wildman–Crippen LogP) is 0.773. The molecule has 0 saturated carbocycles. The average molecular weight is 228 g/mol. The Balaban J connectivity index is 2.05. The van der Waals surface area contributed by atoms with Gasteiger partial charge >= 0.3 is 0 Å². The summed E-state index contributed by atoms with van der Waals surface area (Å²) in [5, 5.41) is 6.15. The first-order chi connectivity index (χ1) is 7.59. The lowest BCUT2D eigenvalue weighted by Crippen LogP contribution is -2.42. The number of rotatable bonds is 6. The van der Waals surface area contributed by atoms with Crippen molar-refractivity contribution in [3.8, 4) is 0 Å². The van der Waals surface area contributed by atoms with E-state index in [9.17, 15) is 4.79 Å². The Bertz CT molecular complexity index is 213. The Labute approximate surface area is 98.1 Å². The molecule has 94 valence electrons. The van der Waals surface area contributed by atoms with Crippen LogP contribution in [0.1, 0.15) is 27.2 Å². The van der Waals surface area contributed by atoms with Gasteiger partial charge in [0.05, 0.1) is 13.2 Å². The van der Waals surface area contributed by atoms with E-state index in [0.29, 0.717) is 18.4 Å². The maximum absolute atomic E-state index is 11.5. The summed E-state index contributed by atoms with van der Waals surface area (Å²) in [5.74, 6) is 1.14. The van der Waals surface area contributed by atoms with E-state index in [0.717, 1.165) is 26.2 Å². The highest BCUT2D eigenvalue weighted by atomic mass is 16.5. The minimum absolute atomic E-state index is 0.0834. The van der Waals surface area contributed by atoms with Gasteiger partial charge in [0.15, 0.2) is 0 Å². The zero-order chi connectivity index (χ0) is 12.0. The number of ether oxygens (including phenoxy) is 1. The van der Waals surface area contributed by atoms with Crippen LogP contribution in [0.15, 0.2) is 0 Å². The van der Waals surface area contributed by atoms with Crippen LogP contribution in [0.4, 0.5) is 0 Å². The molecule has 0 aromatic rings. The highest BCUT2D eigenvalue weighted by Crippen LogP contribution is 2.10. The molecular formula is C12H24N2O2. The monoisotopic (exact) mass is 228 g/mol. The summed E-state index contributed by atoms with van der Waals surface area (Å²) in [6.45, 7) is 9.23. The van der Waals surface area contributed by atoms with Crippen molar-refractivity contribution in [3.63, 3.8) is 0 Å². The second-order valence-corrected chi connectivity index (χ2v) is 4.96. The van der Waals surface area contributed by atoms with E-state index in [1.54, 1.807) is 0 Å². The highest BCUT2D eigenvalue weighted by Gasteiger charge is 2.15. The summed E-state index contributed by atoms with van der Waals surface area (Å²) in [5.41, 5.74) is 0. The molecule has 16 heavy (non-hydrogen) atoms. The largest absolute Gasteiger partial charge is 0.381 e. The molecule has 2 atom stereocenters. The fraction of sp³-hybridized carbons (Fsp3) is 0.917. The van der Waals surface area contributed by atoms with Gasteiger partial charge < -0.3 is 15.4 Å². The van der Waals surface area contributed by atoms with E-state index >= 15 is 0 Å². The topological polar surface area (TPSA) is 50.4 Å². The molecule has 1 amide bonds. The van der Waals surface area contributed by atoms with Gasteiger partial charge in [-0.3, -0.25) is 4.79 Å². The van der Waals surface area contributed by atoms with E-state index < -0.39 is 0 Å². The molecule has 1 fully saturated rings. The van der Waals surface area contributed by atoms with Crippen molar-refractivity contribution in [2.45, 2.75) is 33.2 Å². The van der Waals surface area contributed by atoms with E-state index in [1.165, 1.54) is 0 Å². The van der Waals surface area contributed by atoms with Crippen molar-refractivity contribution in [3.05, 3.63) is 0 Å². The number of amides is 1. The maximum atomic E-state index is 11.5. The van der Waals surface area contributed by atoms with Gasteiger partial charge in [-0.2, -0.15) is 0 Å². The van der Waals surface area contributed by atoms with Crippen molar-refractivity contribution in [1.82, 2.24) is 10.6 Å². The van der Waals surface area contributed by atoms with Gasteiger partial charge in [-0.05, 0) is 25.2 Å².